The van der Waals surface area contributed by atoms with Gasteiger partial charge in [-0.1, -0.05) is 43.3 Å². The minimum atomic E-state index is -3.64. The number of hydrogen-bond acceptors (Lipinski definition) is 4. The molecule has 2 N–H and O–H groups in total. The van der Waals surface area contributed by atoms with E-state index in [2.05, 4.69) is 10.0 Å². The van der Waals surface area contributed by atoms with E-state index < -0.39 is 10.0 Å². The standard InChI is InChI=1S/C23H24N2O4S/c1-3-24-30(27,28)21-11-7-10-18(16-21)23(26)25-20-12-13-22(29-2)19(15-20)14-17-8-5-4-6-9-17/h4-13,15-16,24H,3,14H2,1-2H3,(H,25,26). The summed E-state index contributed by atoms with van der Waals surface area (Å²) in [6.07, 6.45) is 0.657. The zero-order chi connectivity index (χ0) is 21.6. The maximum Gasteiger partial charge on any atom is 0.255 e. The van der Waals surface area contributed by atoms with Crippen molar-refractivity contribution in [2.24, 2.45) is 0 Å². The third-order valence-electron chi connectivity index (χ3n) is 4.52. The number of anilines is 1. The van der Waals surface area contributed by atoms with Crippen molar-refractivity contribution in [3.63, 3.8) is 0 Å². The Labute approximate surface area is 177 Å². The minimum Gasteiger partial charge on any atom is -0.496 e. The van der Waals surface area contributed by atoms with Crippen molar-refractivity contribution >= 4 is 21.6 Å². The summed E-state index contributed by atoms with van der Waals surface area (Å²) in [5.41, 5.74) is 2.92. The largest absolute Gasteiger partial charge is 0.496 e. The molecule has 1 amide bonds. The fourth-order valence-corrected chi connectivity index (χ4v) is 4.18. The van der Waals surface area contributed by atoms with E-state index in [1.54, 1.807) is 38.3 Å². The van der Waals surface area contributed by atoms with Crippen LogP contribution in [0.5, 0.6) is 5.75 Å². The lowest BCUT2D eigenvalue weighted by atomic mass is 10.0. The summed E-state index contributed by atoms with van der Waals surface area (Å²) in [5.74, 6) is 0.343. The molecule has 0 aliphatic carbocycles. The number of methoxy groups -OCH3 is 1. The molecule has 156 valence electrons. The predicted molar refractivity (Wildman–Crippen MR) is 117 cm³/mol. The summed E-state index contributed by atoms with van der Waals surface area (Å²) in [6, 6.07) is 21.3. The van der Waals surface area contributed by atoms with Crippen LogP contribution in [0.1, 0.15) is 28.4 Å². The van der Waals surface area contributed by atoms with E-state index >= 15 is 0 Å². The number of carbonyl (C=O) groups excluding carboxylic acids is 1. The van der Waals surface area contributed by atoms with Gasteiger partial charge in [0.2, 0.25) is 10.0 Å². The first-order valence-corrected chi connectivity index (χ1v) is 11.0. The van der Waals surface area contributed by atoms with Gasteiger partial charge in [-0.25, -0.2) is 13.1 Å². The first kappa shape index (κ1) is 21.5. The van der Waals surface area contributed by atoms with Gasteiger partial charge in [-0.15, -0.1) is 0 Å². The van der Waals surface area contributed by atoms with Gasteiger partial charge in [0.1, 0.15) is 5.75 Å². The van der Waals surface area contributed by atoms with Gasteiger partial charge in [0.15, 0.2) is 0 Å². The van der Waals surface area contributed by atoms with Crippen LogP contribution in [-0.2, 0) is 16.4 Å². The molecule has 0 aliphatic heterocycles. The Morgan fingerprint density at radius 2 is 1.73 bits per heavy atom. The number of carbonyl (C=O) groups is 1. The molecule has 0 unspecified atom stereocenters. The lowest BCUT2D eigenvalue weighted by molar-refractivity contribution is 0.102. The molecule has 0 atom stereocenters. The van der Waals surface area contributed by atoms with Crippen molar-refractivity contribution in [1.82, 2.24) is 4.72 Å². The summed E-state index contributed by atoms with van der Waals surface area (Å²) in [5, 5.41) is 2.84. The molecule has 0 radical (unpaired) electrons. The van der Waals surface area contributed by atoms with Crippen molar-refractivity contribution in [2.75, 3.05) is 19.0 Å². The molecule has 6 nitrogen and oxygen atoms in total. The molecule has 0 saturated carbocycles. The Morgan fingerprint density at radius 1 is 0.967 bits per heavy atom. The van der Waals surface area contributed by atoms with Crippen LogP contribution in [0.3, 0.4) is 0 Å². The van der Waals surface area contributed by atoms with Crippen LogP contribution in [0.25, 0.3) is 0 Å². The number of hydrogen-bond donors (Lipinski definition) is 2. The average molecular weight is 425 g/mol. The third-order valence-corrected chi connectivity index (χ3v) is 6.06. The van der Waals surface area contributed by atoms with E-state index in [0.717, 1.165) is 16.9 Å². The predicted octanol–water partition coefficient (Wildman–Crippen LogP) is 3.84. The van der Waals surface area contributed by atoms with Crippen molar-refractivity contribution in [2.45, 2.75) is 18.2 Å². The topological polar surface area (TPSA) is 84.5 Å². The highest BCUT2D eigenvalue weighted by molar-refractivity contribution is 7.89. The lowest BCUT2D eigenvalue weighted by Crippen LogP contribution is -2.23. The van der Waals surface area contributed by atoms with E-state index in [1.165, 1.54) is 12.1 Å². The number of amides is 1. The number of ether oxygens (including phenoxy) is 1. The molecule has 0 aromatic heterocycles. The second kappa shape index (κ2) is 9.56. The Hall–Kier alpha value is -3.16. The molecule has 0 bridgehead atoms. The van der Waals surface area contributed by atoms with Crippen LogP contribution in [0.15, 0.2) is 77.7 Å². The van der Waals surface area contributed by atoms with Gasteiger partial charge >= 0.3 is 0 Å². The third kappa shape index (κ3) is 5.25. The van der Waals surface area contributed by atoms with Gasteiger partial charge < -0.3 is 10.1 Å². The van der Waals surface area contributed by atoms with Crippen LogP contribution in [0.2, 0.25) is 0 Å². The van der Waals surface area contributed by atoms with E-state index in [1.807, 2.05) is 36.4 Å². The molecular formula is C23H24N2O4S. The molecule has 0 aliphatic rings. The number of benzene rings is 3. The highest BCUT2D eigenvalue weighted by atomic mass is 32.2. The quantitative estimate of drug-likeness (QED) is 0.575. The highest BCUT2D eigenvalue weighted by Gasteiger charge is 2.16. The van der Waals surface area contributed by atoms with Gasteiger partial charge in [0, 0.05) is 29.8 Å². The molecule has 3 rings (SSSR count). The second-order valence-electron chi connectivity index (χ2n) is 6.67. The van der Waals surface area contributed by atoms with Crippen molar-refractivity contribution in [3.05, 3.63) is 89.5 Å². The molecule has 0 heterocycles. The molecule has 3 aromatic carbocycles. The monoisotopic (exact) mass is 424 g/mol. The van der Waals surface area contributed by atoms with Crippen LogP contribution in [0.4, 0.5) is 5.69 Å². The lowest BCUT2D eigenvalue weighted by Gasteiger charge is -2.12. The van der Waals surface area contributed by atoms with Crippen LogP contribution in [0, 0.1) is 0 Å². The molecule has 30 heavy (non-hydrogen) atoms. The van der Waals surface area contributed by atoms with E-state index in [0.29, 0.717) is 12.1 Å². The van der Waals surface area contributed by atoms with Crippen molar-refractivity contribution in [1.29, 1.82) is 0 Å². The highest BCUT2D eigenvalue weighted by Crippen LogP contribution is 2.26. The molecule has 0 saturated heterocycles. The first-order chi connectivity index (χ1) is 14.4. The normalized spacial score (nSPS) is 11.1. The number of nitrogens with one attached hydrogen (secondary N) is 2. The van der Waals surface area contributed by atoms with Gasteiger partial charge in [0.05, 0.1) is 12.0 Å². The molecule has 0 spiro atoms. The molecule has 7 heteroatoms. The maximum atomic E-state index is 12.7. The number of sulfonamides is 1. The smallest absolute Gasteiger partial charge is 0.255 e. The average Bonchev–Trinajstić information content (AvgIpc) is 2.75. The van der Waals surface area contributed by atoms with Gasteiger partial charge in [-0.05, 0) is 42.0 Å². The summed E-state index contributed by atoms with van der Waals surface area (Å²) in [6.45, 7) is 1.97. The summed E-state index contributed by atoms with van der Waals surface area (Å²) in [7, 11) is -2.03. The molecule has 3 aromatic rings. The first-order valence-electron chi connectivity index (χ1n) is 9.55. The van der Waals surface area contributed by atoms with E-state index in [4.69, 9.17) is 4.74 Å². The maximum absolute atomic E-state index is 12.7. The van der Waals surface area contributed by atoms with E-state index in [-0.39, 0.29) is 22.9 Å². The minimum absolute atomic E-state index is 0.0523. The van der Waals surface area contributed by atoms with Crippen molar-refractivity contribution in [3.8, 4) is 5.75 Å². The zero-order valence-electron chi connectivity index (χ0n) is 16.9. The summed E-state index contributed by atoms with van der Waals surface area (Å²) in [4.78, 5) is 12.8. The molecular weight excluding hydrogens is 400 g/mol. The van der Waals surface area contributed by atoms with Crippen LogP contribution in [-0.4, -0.2) is 28.0 Å². The SMILES string of the molecule is CCNS(=O)(=O)c1cccc(C(=O)Nc2ccc(OC)c(Cc3ccccc3)c2)c1. The summed E-state index contributed by atoms with van der Waals surface area (Å²) < 4.78 is 32.3. The number of rotatable bonds is 8. The molecule has 0 fully saturated rings. The van der Waals surface area contributed by atoms with Gasteiger partial charge in [-0.3, -0.25) is 4.79 Å². The van der Waals surface area contributed by atoms with Crippen LogP contribution < -0.4 is 14.8 Å². The van der Waals surface area contributed by atoms with Crippen molar-refractivity contribution < 1.29 is 17.9 Å². The fraction of sp³-hybridized carbons (Fsp3) is 0.174. The van der Waals surface area contributed by atoms with Gasteiger partial charge in [-0.2, -0.15) is 0 Å². The zero-order valence-corrected chi connectivity index (χ0v) is 17.7. The van der Waals surface area contributed by atoms with E-state index in [9.17, 15) is 13.2 Å². The fourth-order valence-electron chi connectivity index (χ4n) is 3.09. The van der Waals surface area contributed by atoms with Crippen LogP contribution >= 0.6 is 0 Å². The Kier molecular flexibility index (Phi) is 6.87. The Bertz CT molecular complexity index is 1130. The van der Waals surface area contributed by atoms with Gasteiger partial charge in [0.25, 0.3) is 5.91 Å². The second-order valence-corrected chi connectivity index (χ2v) is 8.44. The Balaban J connectivity index is 1.83. The summed E-state index contributed by atoms with van der Waals surface area (Å²) >= 11 is 0. The Morgan fingerprint density at radius 3 is 2.43 bits per heavy atom.